The fourth-order valence-electron chi connectivity index (χ4n) is 4.19. The molecule has 2 aromatic rings. The quantitative estimate of drug-likeness (QED) is 0.785. The number of nitrogen functional groups attached to an aromatic ring is 1. The van der Waals surface area contributed by atoms with Crippen LogP contribution in [0.3, 0.4) is 0 Å². The van der Waals surface area contributed by atoms with Gasteiger partial charge < -0.3 is 15.5 Å². The van der Waals surface area contributed by atoms with Crippen molar-refractivity contribution in [2.45, 2.75) is 25.7 Å². The van der Waals surface area contributed by atoms with Crippen LogP contribution in [-0.2, 0) is 11.2 Å². The molecule has 4 rings (SSSR count). The average Bonchev–Trinajstić information content (AvgIpc) is 2.73. The minimum absolute atomic E-state index is 0. The highest BCUT2D eigenvalue weighted by Crippen LogP contribution is 2.33. The van der Waals surface area contributed by atoms with Crippen molar-refractivity contribution in [1.82, 2.24) is 4.90 Å². The molecule has 2 aliphatic heterocycles. The maximum atomic E-state index is 13.2. The van der Waals surface area contributed by atoms with Gasteiger partial charge in [0.25, 0.3) is 5.91 Å². The number of halogens is 1. The Bertz CT molecular complexity index is 848. The molecule has 1 fully saturated rings. The van der Waals surface area contributed by atoms with E-state index in [9.17, 15) is 9.59 Å². The van der Waals surface area contributed by atoms with E-state index in [-0.39, 0.29) is 30.1 Å². The van der Waals surface area contributed by atoms with Gasteiger partial charge in [-0.3, -0.25) is 9.59 Å². The van der Waals surface area contributed by atoms with Crippen LogP contribution in [0.5, 0.6) is 0 Å². The number of rotatable bonds is 2. The predicted octanol–water partition coefficient (Wildman–Crippen LogP) is 3.52. The van der Waals surface area contributed by atoms with Gasteiger partial charge in [0, 0.05) is 42.5 Å². The van der Waals surface area contributed by atoms with Gasteiger partial charge in [-0.05, 0) is 55.5 Å². The number of piperidine rings is 1. The van der Waals surface area contributed by atoms with Crippen LogP contribution in [-0.4, -0.2) is 36.3 Å². The summed E-state index contributed by atoms with van der Waals surface area (Å²) >= 11 is 0. The van der Waals surface area contributed by atoms with E-state index in [0.29, 0.717) is 31.5 Å². The van der Waals surface area contributed by atoms with E-state index < -0.39 is 0 Å². The molecule has 2 aromatic carbocycles. The monoisotopic (exact) mass is 399 g/mol. The summed E-state index contributed by atoms with van der Waals surface area (Å²) in [4.78, 5) is 29.5. The third kappa shape index (κ3) is 3.85. The van der Waals surface area contributed by atoms with Crippen molar-refractivity contribution in [3.05, 3.63) is 59.7 Å². The molecule has 2 heterocycles. The number of carbonyl (C=O) groups excluding carboxylic acids is 2. The number of hydrogen-bond donors (Lipinski definition) is 1. The zero-order chi connectivity index (χ0) is 18.8. The number of carbonyl (C=O) groups is 2. The van der Waals surface area contributed by atoms with E-state index in [1.165, 1.54) is 0 Å². The summed E-state index contributed by atoms with van der Waals surface area (Å²) in [6, 6.07) is 15.2. The lowest BCUT2D eigenvalue weighted by Crippen LogP contribution is -2.45. The fraction of sp³-hybridized carbons (Fsp3) is 0.364. The third-order valence-electron chi connectivity index (χ3n) is 5.71. The molecule has 0 bridgehead atoms. The van der Waals surface area contributed by atoms with Gasteiger partial charge >= 0.3 is 0 Å². The van der Waals surface area contributed by atoms with Crippen molar-refractivity contribution in [3.8, 4) is 0 Å². The van der Waals surface area contributed by atoms with Gasteiger partial charge in [-0.2, -0.15) is 0 Å². The highest BCUT2D eigenvalue weighted by Gasteiger charge is 2.33. The van der Waals surface area contributed by atoms with Crippen LogP contribution >= 0.6 is 12.4 Å². The lowest BCUT2D eigenvalue weighted by atomic mass is 9.92. The summed E-state index contributed by atoms with van der Waals surface area (Å²) < 4.78 is 0. The Labute approximate surface area is 171 Å². The Morgan fingerprint density at radius 3 is 2.36 bits per heavy atom. The molecule has 5 nitrogen and oxygen atoms in total. The van der Waals surface area contributed by atoms with Crippen LogP contribution in [0.25, 0.3) is 0 Å². The number of likely N-dealkylation sites (tertiary alicyclic amines) is 1. The van der Waals surface area contributed by atoms with Crippen molar-refractivity contribution in [2.75, 3.05) is 30.3 Å². The van der Waals surface area contributed by atoms with Gasteiger partial charge in [0.05, 0.1) is 0 Å². The Balaban J connectivity index is 0.00000225. The summed E-state index contributed by atoms with van der Waals surface area (Å²) in [6.07, 6.45) is 3.30. The first kappa shape index (κ1) is 20.2. The van der Waals surface area contributed by atoms with Crippen LogP contribution in [0, 0.1) is 5.92 Å². The summed E-state index contributed by atoms with van der Waals surface area (Å²) in [6.45, 7) is 2.00. The summed E-state index contributed by atoms with van der Waals surface area (Å²) in [5, 5.41) is 0. The van der Waals surface area contributed by atoms with Gasteiger partial charge in [-0.25, -0.2) is 0 Å². The Kier molecular flexibility index (Phi) is 6.25. The van der Waals surface area contributed by atoms with Crippen molar-refractivity contribution in [1.29, 1.82) is 0 Å². The Morgan fingerprint density at radius 2 is 1.64 bits per heavy atom. The minimum Gasteiger partial charge on any atom is -0.398 e. The summed E-state index contributed by atoms with van der Waals surface area (Å²) in [5.41, 5.74) is 9.65. The second-order valence-corrected chi connectivity index (χ2v) is 7.37. The zero-order valence-electron chi connectivity index (χ0n) is 15.8. The lowest BCUT2D eigenvalue weighted by Gasteiger charge is -2.36. The average molecular weight is 400 g/mol. The first-order valence-corrected chi connectivity index (χ1v) is 9.68. The number of nitrogens with zero attached hydrogens (tertiary/aromatic N) is 2. The number of anilines is 2. The minimum atomic E-state index is -0.0304. The standard InChI is InChI=1S/C22H25N3O2.ClH/c23-19-9-4-10-20-18(19)8-5-13-25(20)22(27)17-11-14-24(15-12-17)21(26)16-6-2-1-3-7-16;/h1-4,6-7,9-10,17H,5,8,11-15,23H2;1H. The van der Waals surface area contributed by atoms with E-state index in [1.807, 2.05) is 58.3 Å². The van der Waals surface area contributed by atoms with Crippen LogP contribution in [0.4, 0.5) is 11.4 Å². The summed E-state index contributed by atoms with van der Waals surface area (Å²) in [7, 11) is 0. The van der Waals surface area contributed by atoms with Crippen molar-refractivity contribution >= 4 is 35.6 Å². The smallest absolute Gasteiger partial charge is 0.253 e. The van der Waals surface area contributed by atoms with Gasteiger partial charge in [-0.1, -0.05) is 24.3 Å². The predicted molar refractivity (Wildman–Crippen MR) is 114 cm³/mol. The van der Waals surface area contributed by atoms with Crippen LogP contribution in [0.15, 0.2) is 48.5 Å². The molecular formula is C22H26ClN3O2. The summed E-state index contributed by atoms with van der Waals surface area (Å²) in [5.74, 6) is 0.197. The molecule has 148 valence electrons. The SMILES string of the molecule is Cl.Nc1cccc2c1CCCN2C(=O)C1CCN(C(=O)c2ccccc2)CC1. The van der Waals surface area contributed by atoms with Crippen LogP contribution in [0.1, 0.15) is 35.2 Å². The molecule has 0 radical (unpaired) electrons. The second kappa shape index (κ2) is 8.65. The van der Waals surface area contributed by atoms with Gasteiger partial charge in [0.1, 0.15) is 0 Å². The maximum absolute atomic E-state index is 13.2. The molecule has 28 heavy (non-hydrogen) atoms. The van der Waals surface area contributed by atoms with Crippen molar-refractivity contribution in [2.24, 2.45) is 5.92 Å². The molecule has 0 aliphatic carbocycles. The van der Waals surface area contributed by atoms with Gasteiger partial charge in [0.15, 0.2) is 0 Å². The van der Waals surface area contributed by atoms with E-state index in [2.05, 4.69) is 0 Å². The molecule has 2 amide bonds. The molecular weight excluding hydrogens is 374 g/mol. The van der Waals surface area contributed by atoms with E-state index >= 15 is 0 Å². The molecule has 0 unspecified atom stereocenters. The molecule has 0 atom stereocenters. The van der Waals surface area contributed by atoms with Crippen molar-refractivity contribution < 1.29 is 9.59 Å². The topological polar surface area (TPSA) is 66.6 Å². The lowest BCUT2D eigenvalue weighted by molar-refractivity contribution is -0.123. The maximum Gasteiger partial charge on any atom is 0.253 e. The number of nitrogens with two attached hydrogens (primary N) is 1. The molecule has 1 saturated heterocycles. The fourth-order valence-corrected chi connectivity index (χ4v) is 4.19. The first-order chi connectivity index (χ1) is 13.1. The number of amides is 2. The Hall–Kier alpha value is -2.53. The normalized spacial score (nSPS) is 16.9. The molecule has 0 spiro atoms. The number of hydrogen-bond acceptors (Lipinski definition) is 3. The molecule has 6 heteroatoms. The zero-order valence-corrected chi connectivity index (χ0v) is 16.7. The Morgan fingerprint density at radius 1 is 0.929 bits per heavy atom. The number of benzene rings is 2. The highest BCUT2D eigenvalue weighted by atomic mass is 35.5. The third-order valence-corrected chi connectivity index (χ3v) is 5.71. The highest BCUT2D eigenvalue weighted by molar-refractivity contribution is 5.98. The van der Waals surface area contributed by atoms with Crippen LogP contribution < -0.4 is 10.6 Å². The van der Waals surface area contributed by atoms with E-state index in [4.69, 9.17) is 5.73 Å². The van der Waals surface area contributed by atoms with Gasteiger partial charge in [-0.15, -0.1) is 12.4 Å². The number of fused-ring (bicyclic) bond motifs is 1. The molecule has 0 saturated carbocycles. The molecule has 2 aliphatic rings. The molecule has 0 aromatic heterocycles. The van der Waals surface area contributed by atoms with Crippen molar-refractivity contribution in [3.63, 3.8) is 0 Å². The molecule has 2 N–H and O–H groups in total. The largest absolute Gasteiger partial charge is 0.398 e. The van der Waals surface area contributed by atoms with E-state index in [1.54, 1.807) is 0 Å². The second-order valence-electron chi connectivity index (χ2n) is 7.37. The van der Waals surface area contributed by atoms with E-state index in [0.717, 1.165) is 36.3 Å². The first-order valence-electron chi connectivity index (χ1n) is 9.68. The van der Waals surface area contributed by atoms with Crippen LogP contribution in [0.2, 0.25) is 0 Å². The van der Waals surface area contributed by atoms with Gasteiger partial charge in [0.2, 0.25) is 5.91 Å².